The van der Waals surface area contributed by atoms with Gasteiger partial charge in [-0.1, -0.05) is 12.1 Å². The van der Waals surface area contributed by atoms with Gasteiger partial charge in [0.15, 0.2) is 0 Å². The van der Waals surface area contributed by atoms with Gasteiger partial charge in [-0.25, -0.2) is 9.18 Å². The Bertz CT molecular complexity index is 760. The Morgan fingerprint density at radius 2 is 1.96 bits per heavy atom. The molecule has 1 aromatic heterocycles. The van der Waals surface area contributed by atoms with E-state index in [1.54, 1.807) is 30.6 Å². The first-order chi connectivity index (χ1) is 12.0. The number of hydrogen-bond donors (Lipinski definition) is 2. The van der Waals surface area contributed by atoms with Crippen LogP contribution in [-0.4, -0.2) is 28.0 Å². The molecular formula is C19H19FN2O3. The number of carboxylic acids is 1. The van der Waals surface area contributed by atoms with Crippen molar-refractivity contribution in [1.82, 2.24) is 10.3 Å². The SMILES string of the molecule is O=C(N[C@H](Cc1ccncc1)C(=O)O)C1CC(c2cccc(F)c2)C1. The predicted molar refractivity (Wildman–Crippen MR) is 89.4 cm³/mol. The van der Waals surface area contributed by atoms with Gasteiger partial charge >= 0.3 is 5.97 Å². The van der Waals surface area contributed by atoms with E-state index in [0.717, 1.165) is 11.1 Å². The van der Waals surface area contributed by atoms with Crippen molar-refractivity contribution in [2.45, 2.75) is 31.2 Å². The molecule has 0 spiro atoms. The van der Waals surface area contributed by atoms with E-state index in [0.29, 0.717) is 12.8 Å². The van der Waals surface area contributed by atoms with Crippen molar-refractivity contribution in [1.29, 1.82) is 0 Å². The highest BCUT2D eigenvalue weighted by molar-refractivity contribution is 5.85. The zero-order valence-electron chi connectivity index (χ0n) is 13.6. The summed E-state index contributed by atoms with van der Waals surface area (Å²) in [7, 11) is 0. The molecule has 1 aliphatic rings. The minimum absolute atomic E-state index is 0.148. The van der Waals surface area contributed by atoms with E-state index >= 15 is 0 Å². The third-order valence-electron chi connectivity index (χ3n) is 4.63. The summed E-state index contributed by atoms with van der Waals surface area (Å²) in [4.78, 5) is 27.6. The molecule has 0 radical (unpaired) electrons. The van der Waals surface area contributed by atoms with Crippen molar-refractivity contribution in [3.63, 3.8) is 0 Å². The van der Waals surface area contributed by atoms with Crippen molar-refractivity contribution in [3.05, 3.63) is 65.7 Å². The third kappa shape index (κ3) is 4.21. The second-order valence-corrected chi connectivity index (χ2v) is 6.38. The maximum atomic E-state index is 13.3. The molecular weight excluding hydrogens is 323 g/mol. The Morgan fingerprint density at radius 3 is 2.60 bits per heavy atom. The monoisotopic (exact) mass is 342 g/mol. The molecule has 25 heavy (non-hydrogen) atoms. The summed E-state index contributed by atoms with van der Waals surface area (Å²) in [6.07, 6.45) is 4.61. The Balaban J connectivity index is 1.55. The van der Waals surface area contributed by atoms with Crippen molar-refractivity contribution in [2.75, 3.05) is 0 Å². The van der Waals surface area contributed by atoms with E-state index in [9.17, 15) is 19.1 Å². The van der Waals surface area contributed by atoms with Gasteiger partial charge in [0.1, 0.15) is 11.9 Å². The number of halogens is 1. The van der Waals surface area contributed by atoms with Crippen molar-refractivity contribution < 1.29 is 19.1 Å². The van der Waals surface area contributed by atoms with Crippen LogP contribution in [0.2, 0.25) is 0 Å². The number of carbonyl (C=O) groups excluding carboxylic acids is 1. The van der Waals surface area contributed by atoms with Gasteiger partial charge in [-0.15, -0.1) is 0 Å². The molecule has 1 fully saturated rings. The van der Waals surface area contributed by atoms with E-state index < -0.39 is 12.0 Å². The summed E-state index contributed by atoms with van der Waals surface area (Å²) in [5.74, 6) is -1.68. The second kappa shape index (κ2) is 7.42. The number of pyridine rings is 1. The molecule has 0 unspecified atom stereocenters. The summed E-state index contributed by atoms with van der Waals surface area (Å²) >= 11 is 0. The summed E-state index contributed by atoms with van der Waals surface area (Å²) in [5.41, 5.74) is 1.68. The van der Waals surface area contributed by atoms with E-state index in [2.05, 4.69) is 10.3 Å². The number of amides is 1. The van der Waals surface area contributed by atoms with Crippen LogP contribution in [-0.2, 0) is 16.0 Å². The molecule has 0 aliphatic heterocycles. The minimum atomic E-state index is -1.06. The van der Waals surface area contributed by atoms with Crippen LogP contribution in [0.5, 0.6) is 0 Å². The third-order valence-corrected chi connectivity index (χ3v) is 4.63. The molecule has 1 saturated carbocycles. The Kier molecular flexibility index (Phi) is 5.07. The molecule has 0 saturated heterocycles. The van der Waals surface area contributed by atoms with Crippen LogP contribution in [0.4, 0.5) is 4.39 Å². The quantitative estimate of drug-likeness (QED) is 0.845. The first kappa shape index (κ1) is 17.1. The lowest BCUT2D eigenvalue weighted by molar-refractivity contribution is -0.143. The Morgan fingerprint density at radius 1 is 1.24 bits per heavy atom. The minimum Gasteiger partial charge on any atom is -0.480 e. The van der Waals surface area contributed by atoms with Crippen molar-refractivity contribution >= 4 is 11.9 Å². The highest BCUT2D eigenvalue weighted by atomic mass is 19.1. The average Bonchev–Trinajstić information content (AvgIpc) is 2.54. The highest BCUT2D eigenvalue weighted by Crippen LogP contribution is 2.41. The predicted octanol–water partition coefficient (Wildman–Crippen LogP) is 2.53. The lowest BCUT2D eigenvalue weighted by atomic mass is 9.71. The first-order valence-corrected chi connectivity index (χ1v) is 8.20. The smallest absolute Gasteiger partial charge is 0.326 e. The molecule has 3 rings (SSSR count). The number of nitrogens with zero attached hydrogens (tertiary/aromatic N) is 1. The Hall–Kier alpha value is -2.76. The molecule has 1 aromatic carbocycles. The fraction of sp³-hybridized carbons (Fsp3) is 0.316. The highest BCUT2D eigenvalue weighted by Gasteiger charge is 2.36. The van der Waals surface area contributed by atoms with Crippen LogP contribution >= 0.6 is 0 Å². The number of hydrogen-bond acceptors (Lipinski definition) is 3. The van der Waals surface area contributed by atoms with Crippen LogP contribution < -0.4 is 5.32 Å². The van der Waals surface area contributed by atoms with Crippen LogP contribution in [0.25, 0.3) is 0 Å². The van der Waals surface area contributed by atoms with Gasteiger partial charge < -0.3 is 10.4 Å². The number of carbonyl (C=O) groups is 2. The lowest BCUT2D eigenvalue weighted by Crippen LogP contribution is -2.47. The average molecular weight is 342 g/mol. The number of aliphatic carboxylic acids is 1. The molecule has 1 aliphatic carbocycles. The van der Waals surface area contributed by atoms with E-state index in [-0.39, 0.29) is 30.0 Å². The summed E-state index contributed by atoms with van der Waals surface area (Å²) in [5, 5.41) is 12.0. The lowest BCUT2D eigenvalue weighted by Gasteiger charge is -2.35. The maximum Gasteiger partial charge on any atom is 0.326 e. The van der Waals surface area contributed by atoms with Crippen molar-refractivity contribution in [3.8, 4) is 0 Å². The molecule has 5 nitrogen and oxygen atoms in total. The van der Waals surface area contributed by atoms with Gasteiger partial charge in [0.25, 0.3) is 0 Å². The summed E-state index contributed by atoms with van der Waals surface area (Å²) in [6, 6.07) is 8.88. The van der Waals surface area contributed by atoms with Gasteiger partial charge in [-0.05, 0) is 54.2 Å². The molecule has 2 N–H and O–H groups in total. The van der Waals surface area contributed by atoms with Gasteiger partial charge in [-0.2, -0.15) is 0 Å². The molecule has 6 heteroatoms. The van der Waals surface area contributed by atoms with Gasteiger partial charge in [0, 0.05) is 24.7 Å². The number of rotatable bonds is 6. The molecule has 1 amide bonds. The van der Waals surface area contributed by atoms with E-state index in [1.165, 1.54) is 12.1 Å². The number of aromatic nitrogens is 1. The second-order valence-electron chi connectivity index (χ2n) is 6.38. The Labute approximate surface area is 144 Å². The largest absolute Gasteiger partial charge is 0.480 e. The van der Waals surface area contributed by atoms with Crippen LogP contribution in [0, 0.1) is 11.7 Å². The fourth-order valence-corrected chi connectivity index (χ4v) is 3.11. The van der Waals surface area contributed by atoms with Gasteiger partial charge in [-0.3, -0.25) is 9.78 Å². The van der Waals surface area contributed by atoms with Gasteiger partial charge in [0.2, 0.25) is 5.91 Å². The zero-order chi connectivity index (χ0) is 17.8. The van der Waals surface area contributed by atoms with Crippen LogP contribution in [0.15, 0.2) is 48.8 Å². The zero-order valence-corrected chi connectivity index (χ0v) is 13.6. The summed E-state index contributed by atoms with van der Waals surface area (Å²) < 4.78 is 13.3. The first-order valence-electron chi connectivity index (χ1n) is 8.20. The molecule has 130 valence electrons. The van der Waals surface area contributed by atoms with Crippen LogP contribution in [0.1, 0.15) is 29.9 Å². The topological polar surface area (TPSA) is 79.3 Å². The van der Waals surface area contributed by atoms with E-state index in [1.807, 2.05) is 6.07 Å². The number of carboxylic acid groups (broad SMARTS) is 1. The van der Waals surface area contributed by atoms with Gasteiger partial charge in [0.05, 0.1) is 0 Å². The normalized spacial score (nSPS) is 20.4. The summed E-state index contributed by atoms with van der Waals surface area (Å²) in [6.45, 7) is 0. The van der Waals surface area contributed by atoms with Crippen LogP contribution in [0.3, 0.4) is 0 Å². The van der Waals surface area contributed by atoms with Crippen molar-refractivity contribution in [2.24, 2.45) is 5.92 Å². The fourth-order valence-electron chi connectivity index (χ4n) is 3.11. The molecule has 2 aromatic rings. The number of benzene rings is 1. The van der Waals surface area contributed by atoms with E-state index in [4.69, 9.17) is 0 Å². The molecule has 1 heterocycles. The number of nitrogens with one attached hydrogen (secondary N) is 1. The molecule has 0 bridgehead atoms. The molecule has 1 atom stereocenters. The maximum absolute atomic E-state index is 13.3. The standard InChI is InChI=1S/C19H19FN2O3/c20-16-3-1-2-13(11-16)14-9-15(10-14)18(23)22-17(19(24)25)8-12-4-6-21-7-5-12/h1-7,11,14-15,17H,8-10H2,(H,22,23)(H,24,25)/t14?,15?,17-/m1/s1.